The second-order valence-corrected chi connectivity index (χ2v) is 5.43. The van der Waals surface area contributed by atoms with E-state index in [1.165, 1.54) is 19.3 Å². The molecule has 4 heteroatoms. The van der Waals surface area contributed by atoms with Crippen LogP contribution in [0, 0.1) is 23.7 Å². The van der Waals surface area contributed by atoms with Gasteiger partial charge in [-0.2, -0.15) is 0 Å². The number of hydrazine groups is 1. The van der Waals surface area contributed by atoms with Crippen LogP contribution in [0.1, 0.15) is 19.3 Å². The Morgan fingerprint density at radius 3 is 3.00 bits per heavy atom. The normalized spacial score (nSPS) is 45.5. The molecule has 0 aromatic heterocycles. The van der Waals surface area contributed by atoms with Crippen molar-refractivity contribution in [2.24, 2.45) is 29.5 Å². The lowest BCUT2D eigenvalue weighted by molar-refractivity contribution is 0.246. The number of allylic oxidation sites excluding steroid dienone is 2. The highest BCUT2D eigenvalue weighted by atomic mass is 32.1. The van der Waals surface area contributed by atoms with Gasteiger partial charge in [-0.1, -0.05) is 12.2 Å². The summed E-state index contributed by atoms with van der Waals surface area (Å²) in [6.07, 6.45) is 8.73. The molecule has 0 unspecified atom stereocenters. The van der Waals surface area contributed by atoms with Gasteiger partial charge in [0.05, 0.1) is 0 Å². The molecule has 0 radical (unpaired) electrons. The largest absolute Gasteiger partial charge is 0.359 e. The Morgan fingerprint density at radius 2 is 2.20 bits per heavy atom. The van der Waals surface area contributed by atoms with Crippen LogP contribution in [0.4, 0.5) is 0 Å². The SMILES string of the molecule is NNC(=S)N[C@H]1C[C@@H]2C[C@@H]1[C@@H]1C=CC[C@@H]21. The zero-order valence-electron chi connectivity index (χ0n) is 8.65. The van der Waals surface area contributed by atoms with E-state index in [0.29, 0.717) is 11.2 Å². The fraction of sp³-hybridized carbons (Fsp3) is 0.727. The number of hydrogen-bond acceptors (Lipinski definition) is 2. The highest BCUT2D eigenvalue weighted by molar-refractivity contribution is 7.80. The summed E-state index contributed by atoms with van der Waals surface area (Å²) < 4.78 is 0. The molecule has 2 fully saturated rings. The molecule has 3 aliphatic rings. The molecule has 3 rings (SSSR count). The van der Waals surface area contributed by atoms with Crippen LogP contribution < -0.4 is 16.6 Å². The summed E-state index contributed by atoms with van der Waals surface area (Å²) in [4.78, 5) is 0. The average molecular weight is 223 g/mol. The monoisotopic (exact) mass is 223 g/mol. The van der Waals surface area contributed by atoms with E-state index in [-0.39, 0.29) is 0 Å². The van der Waals surface area contributed by atoms with Crippen LogP contribution in [-0.4, -0.2) is 11.2 Å². The number of nitrogens with two attached hydrogens (primary N) is 1. The Kier molecular flexibility index (Phi) is 2.21. The first kappa shape index (κ1) is 9.60. The predicted molar refractivity (Wildman–Crippen MR) is 63.8 cm³/mol. The second kappa shape index (κ2) is 3.46. The molecule has 0 aromatic rings. The lowest BCUT2D eigenvalue weighted by Gasteiger charge is -2.32. The Bertz CT molecular complexity index is 315. The topological polar surface area (TPSA) is 50.1 Å². The van der Waals surface area contributed by atoms with Crippen LogP contribution in [0.3, 0.4) is 0 Å². The number of fused-ring (bicyclic) bond motifs is 5. The molecule has 0 heterocycles. The van der Waals surface area contributed by atoms with Crippen molar-refractivity contribution in [1.82, 2.24) is 10.7 Å². The maximum atomic E-state index is 5.29. The summed E-state index contributed by atoms with van der Waals surface area (Å²) in [6, 6.07) is 0.544. The minimum atomic E-state index is 0.544. The van der Waals surface area contributed by atoms with Crippen LogP contribution in [0.5, 0.6) is 0 Å². The van der Waals surface area contributed by atoms with Crippen molar-refractivity contribution in [3.05, 3.63) is 12.2 Å². The molecule has 3 aliphatic carbocycles. The van der Waals surface area contributed by atoms with E-state index >= 15 is 0 Å². The first-order valence-electron chi connectivity index (χ1n) is 5.73. The van der Waals surface area contributed by atoms with Crippen molar-refractivity contribution in [1.29, 1.82) is 0 Å². The number of nitrogens with one attached hydrogen (secondary N) is 2. The summed E-state index contributed by atoms with van der Waals surface area (Å²) in [7, 11) is 0. The minimum Gasteiger partial charge on any atom is -0.359 e. The third kappa shape index (κ3) is 1.39. The first-order valence-corrected chi connectivity index (χ1v) is 6.14. The highest BCUT2D eigenvalue weighted by Crippen LogP contribution is 2.56. The van der Waals surface area contributed by atoms with Gasteiger partial charge in [0.25, 0.3) is 0 Å². The lowest BCUT2D eigenvalue weighted by Crippen LogP contribution is -2.48. The zero-order chi connectivity index (χ0) is 10.4. The van der Waals surface area contributed by atoms with E-state index in [4.69, 9.17) is 18.1 Å². The molecule has 15 heavy (non-hydrogen) atoms. The van der Waals surface area contributed by atoms with Crippen LogP contribution in [-0.2, 0) is 0 Å². The fourth-order valence-corrected chi connectivity index (χ4v) is 4.07. The fourth-order valence-electron chi connectivity index (χ4n) is 3.92. The number of thiocarbonyl (C=S) groups is 1. The first-order chi connectivity index (χ1) is 7.29. The molecule has 5 atom stereocenters. The zero-order valence-corrected chi connectivity index (χ0v) is 9.46. The molecule has 4 N–H and O–H groups in total. The van der Waals surface area contributed by atoms with E-state index < -0.39 is 0 Å². The lowest BCUT2D eigenvalue weighted by atomic mass is 9.79. The summed E-state index contributed by atoms with van der Waals surface area (Å²) in [6.45, 7) is 0. The number of hydrogen-bond donors (Lipinski definition) is 3. The minimum absolute atomic E-state index is 0.544. The molecule has 0 spiro atoms. The van der Waals surface area contributed by atoms with Crippen LogP contribution >= 0.6 is 12.2 Å². The van der Waals surface area contributed by atoms with Gasteiger partial charge in [-0.05, 0) is 55.2 Å². The quantitative estimate of drug-likeness (QED) is 0.268. The van der Waals surface area contributed by atoms with E-state index in [1.807, 2.05) is 0 Å². The van der Waals surface area contributed by atoms with Gasteiger partial charge in [0.1, 0.15) is 0 Å². The number of rotatable bonds is 1. The summed E-state index contributed by atoms with van der Waals surface area (Å²) >= 11 is 5.06. The van der Waals surface area contributed by atoms with Gasteiger partial charge in [0.15, 0.2) is 5.11 Å². The molecule has 0 aromatic carbocycles. The molecule has 3 nitrogen and oxygen atoms in total. The van der Waals surface area contributed by atoms with E-state index in [2.05, 4.69) is 22.9 Å². The van der Waals surface area contributed by atoms with E-state index in [1.54, 1.807) is 0 Å². The summed E-state index contributed by atoms with van der Waals surface area (Å²) in [5.74, 6) is 8.72. The Labute approximate surface area is 95.5 Å². The average Bonchev–Trinajstić information content (AvgIpc) is 2.87. The van der Waals surface area contributed by atoms with Crippen molar-refractivity contribution in [3.63, 3.8) is 0 Å². The predicted octanol–water partition coefficient (Wildman–Crippen LogP) is 0.925. The van der Waals surface area contributed by atoms with Gasteiger partial charge >= 0.3 is 0 Å². The van der Waals surface area contributed by atoms with Gasteiger partial charge in [0.2, 0.25) is 0 Å². The van der Waals surface area contributed by atoms with Crippen molar-refractivity contribution < 1.29 is 0 Å². The molecule has 82 valence electrons. The molecular formula is C11H17N3S. The maximum absolute atomic E-state index is 5.29. The third-order valence-electron chi connectivity index (χ3n) is 4.46. The smallest absolute Gasteiger partial charge is 0.180 e. The van der Waals surface area contributed by atoms with Crippen LogP contribution in [0.2, 0.25) is 0 Å². The molecule has 0 aliphatic heterocycles. The molecule has 2 bridgehead atoms. The van der Waals surface area contributed by atoms with E-state index in [0.717, 1.165) is 23.7 Å². The third-order valence-corrected chi connectivity index (χ3v) is 4.69. The molecule has 2 saturated carbocycles. The highest BCUT2D eigenvalue weighted by Gasteiger charge is 2.52. The summed E-state index contributed by atoms with van der Waals surface area (Å²) in [5.41, 5.74) is 2.51. The van der Waals surface area contributed by atoms with Gasteiger partial charge < -0.3 is 10.7 Å². The van der Waals surface area contributed by atoms with Gasteiger partial charge in [-0.15, -0.1) is 0 Å². The molecular weight excluding hydrogens is 206 g/mol. The standard InChI is InChI=1S/C11H17N3S/c12-14-11(15)13-10-5-6-4-9(10)8-3-1-2-7(6)8/h1,3,6-10H,2,4-5,12H2,(H2,13,14,15)/t6-,7-,8+,9+,10-/m0/s1. The molecule has 0 saturated heterocycles. The van der Waals surface area contributed by atoms with Gasteiger partial charge in [-0.3, -0.25) is 0 Å². The Balaban J connectivity index is 1.70. The van der Waals surface area contributed by atoms with Gasteiger partial charge in [-0.25, -0.2) is 5.84 Å². The maximum Gasteiger partial charge on any atom is 0.180 e. The van der Waals surface area contributed by atoms with Crippen LogP contribution in [0.25, 0.3) is 0 Å². The Hall–Kier alpha value is -0.610. The molecule has 0 amide bonds. The van der Waals surface area contributed by atoms with Crippen LogP contribution in [0.15, 0.2) is 12.2 Å². The van der Waals surface area contributed by atoms with Crippen molar-refractivity contribution in [2.45, 2.75) is 25.3 Å². The van der Waals surface area contributed by atoms with Crippen molar-refractivity contribution >= 4 is 17.3 Å². The Morgan fingerprint density at radius 1 is 1.33 bits per heavy atom. The van der Waals surface area contributed by atoms with Crippen molar-refractivity contribution in [3.8, 4) is 0 Å². The second-order valence-electron chi connectivity index (χ2n) is 5.02. The summed E-state index contributed by atoms with van der Waals surface area (Å²) in [5, 5.41) is 3.92. The van der Waals surface area contributed by atoms with E-state index in [9.17, 15) is 0 Å². The van der Waals surface area contributed by atoms with Crippen molar-refractivity contribution in [2.75, 3.05) is 0 Å². The van der Waals surface area contributed by atoms with Gasteiger partial charge in [0, 0.05) is 6.04 Å².